The highest BCUT2D eigenvalue weighted by Crippen LogP contribution is 2.27. The van der Waals surface area contributed by atoms with Crippen LogP contribution >= 0.6 is 0 Å². The summed E-state index contributed by atoms with van der Waals surface area (Å²) >= 11 is 0. The topological polar surface area (TPSA) is 20.3 Å². The van der Waals surface area contributed by atoms with E-state index in [2.05, 4.69) is 0 Å². The highest BCUT2D eigenvalue weighted by molar-refractivity contribution is 5.82. The number of aryl methyl sites for hydroxylation is 1. The summed E-state index contributed by atoms with van der Waals surface area (Å²) in [4.78, 5) is 11.7. The molecule has 18 heavy (non-hydrogen) atoms. The second kappa shape index (κ2) is 4.26. The van der Waals surface area contributed by atoms with Gasteiger partial charge < -0.3 is 4.90 Å². The summed E-state index contributed by atoms with van der Waals surface area (Å²) in [5.41, 5.74) is 1.59. The molecule has 0 atom stereocenters. The Morgan fingerprint density at radius 1 is 1.33 bits per heavy atom. The van der Waals surface area contributed by atoms with Crippen LogP contribution < -0.4 is 0 Å². The molecule has 6 heteroatoms. The molecule has 2 rings (SSSR count). The van der Waals surface area contributed by atoms with Crippen LogP contribution in [0.2, 0.25) is 0 Å². The van der Waals surface area contributed by atoms with Crippen molar-refractivity contribution in [3.05, 3.63) is 34.6 Å². The molecule has 0 aromatic heterocycles. The van der Waals surface area contributed by atoms with Crippen molar-refractivity contribution >= 4 is 5.91 Å². The van der Waals surface area contributed by atoms with E-state index >= 15 is 0 Å². The fraction of sp³-hybridized carbons (Fsp3) is 0.417. The van der Waals surface area contributed by atoms with Crippen LogP contribution in [0.3, 0.4) is 0 Å². The van der Waals surface area contributed by atoms with E-state index in [1.54, 1.807) is 13.0 Å². The summed E-state index contributed by atoms with van der Waals surface area (Å²) in [6.45, 7) is 1.37. The van der Waals surface area contributed by atoms with Gasteiger partial charge in [0.2, 0.25) is 0 Å². The van der Waals surface area contributed by atoms with Gasteiger partial charge in [-0.3, -0.25) is 4.79 Å². The Morgan fingerprint density at radius 2 is 2.00 bits per heavy atom. The molecule has 1 amide bonds. The van der Waals surface area contributed by atoms with E-state index < -0.39 is 17.9 Å². The SMILES string of the molecule is Cc1cc(F)c2c(c1)CCN(C(=O)C(F)(F)F)C2. The molecule has 1 aliphatic heterocycles. The molecule has 1 aromatic carbocycles. The predicted molar refractivity (Wildman–Crippen MR) is 56.3 cm³/mol. The maximum absolute atomic E-state index is 13.6. The number of hydrogen-bond acceptors (Lipinski definition) is 1. The average molecular weight is 261 g/mol. The second-order valence-electron chi connectivity index (χ2n) is 4.36. The highest BCUT2D eigenvalue weighted by Gasteiger charge is 2.43. The minimum Gasteiger partial charge on any atom is -0.330 e. The van der Waals surface area contributed by atoms with Gasteiger partial charge in [0.05, 0.1) is 0 Å². The molecule has 98 valence electrons. The lowest BCUT2D eigenvalue weighted by Crippen LogP contribution is -2.44. The molecular formula is C12H11F4NO. The molecule has 0 aliphatic carbocycles. The Kier molecular flexibility index (Phi) is 3.04. The van der Waals surface area contributed by atoms with Crippen molar-refractivity contribution in [3.63, 3.8) is 0 Å². The summed E-state index contributed by atoms with van der Waals surface area (Å²) in [5, 5.41) is 0. The largest absolute Gasteiger partial charge is 0.471 e. The van der Waals surface area contributed by atoms with Crippen LogP contribution in [0.5, 0.6) is 0 Å². The van der Waals surface area contributed by atoms with Crippen molar-refractivity contribution in [3.8, 4) is 0 Å². The summed E-state index contributed by atoms with van der Waals surface area (Å²) in [6.07, 6.45) is -4.66. The summed E-state index contributed by atoms with van der Waals surface area (Å²) in [6, 6.07) is 3.01. The predicted octanol–water partition coefficient (Wildman–Crippen LogP) is 2.58. The van der Waals surface area contributed by atoms with E-state index in [9.17, 15) is 22.4 Å². The highest BCUT2D eigenvalue weighted by atomic mass is 19.4. The van der Waals surface area contributed by atoms with Gasteiger partial charge in [-0.05, 0) is 30.5 Å². The molecule has 0 spiro atoms. The number of alkyl halides is 3. The standard InChI is InChI=1S/C12H11F4NO/c1-7-4-8-2-3-17(11(18)12(14,15)16)6-9(8)10(13)5-7/h4-5H,2-3,6H2,1H3. The number of fused-ring (bicyclic) bond motifs is 1. The van der Waals surface area contributed by atoms with E-state index in [1.165, 1.54) is 6.07 Å². The maximum Gasteiger partial charge on any atom is 0.471 e. The fourth-order valence-electron chi connectivity index (χ4n) is 2.12. The van der Waals surface area contributed by atoms with Crippen molar-refractivity contribution in [1.82, 2.24) is 4.90 Å². The van der Waals surface area contributed by atoms with E-state index in [0.29, 0.717) is 10.5 Å². The lowest BCUT2D eigenvalue weighted by molar-refractivity contribution is -0.186. The second-order valence-corrected chi connectivity index (χ2v) is 4.36. The monoisotopic (exact) mass is 261 g/mol. The third-order valence-electron chi connectivity index (χ3n) is 2.96. The smallest absolute Gasteiger partial charge is 0.330 e. The van der Waals surface area contributed by atoms with Gasteiger partial charge in [-0.2, -0.15) is 13.2 Å². The molecule has 0 unspecified atom stereocenters. The van der Waals surface area contributed by atoms with Crippen LogP contribution in [-0.2, 0) is 17.8 Å². The molecular weight excluding hydrogens is 250 g/mol. The molecule has 0 N–H and O–H groups in total. The lowest BCUT2D eigenvalue weighted by atomic mass is 9.97. The molecule has 1 aromatic rings. The van der Waals surface area contributed by atoms with Crippen LogP contribution in [0.1, 0.15) is 16.7 Å². The molecule has 0 saturated heterocycles. The first kappa shape index (κ1) is 12.9. The van der Waals surface area contributed by atoms with E-state index in [-0.39, 0.29) is 25.1 Å². The molecule has 0 saturated carbocycles. The van der Waals surface area contributed by atoms with E-state index in [4.69, 9.17) is 0 Å². The average Bonchev–Trinajstić information content (AvgIpc) is 2.26. The van der Waals surface area contributed by atoms with Crippen molar-refractivity contribution in [2.75, 3.05) is 6.54 Å². The maximum atomic E-state index is 13.6. The number of carbonyl (C=O) groups excluding carboxylic acids is 1. The van der Waals surface area contributed by atoms with Gasteiger partial charge in [-0.25, -0.2) is 4.39 Å². The molecule has 0 fully saturated rings. The molecule has 1 aliphatic rings. The van der Waals surface area contributed by atoms with Crippen LogP contribution in [0.15, 0.2) is 12.1 Å². The third-order valence-corrected chi connectivity index (χ3v) is 2.96. The quantitative estimate of drug-likeness (QED) is 0.657. The van der Waals surface area contributed by atoms with Gasteiger partial charge in [0.1, 0.15) is 5.82 Å². The van der Waals surface area contributed by atoms with Crippen molar-refractivity contribution in [2.24, 2.45) is 0 Å². The Hall–Kier alpha value is -1.59. The number of carbonyl (C=O) groups is 1. The van der Waals surface area contributed by atoms with Crippen molar-refractivity contribution in [2.45, 2.75) is 26.1 Å². The zero-order valence-electron chi connectivity index (χ0n) is 9.64. The van der Waals surface area contributed by atoms with E-state index in [0.717, 1.165) is 5.56 Å². The van der Waals surface area contributed by atoms with Gasteiger partial charge in [-0.1, -0.05) is 6.07 Å². The zero-order valence-corrected chi connectivity index (χ0v) is 9.64. The summed E-state index contributed by atoms with van der Waals surface area (Å²) < 4.78 is 50.5. The Bertz CT molecular complexity index is 496. The minimum absolute atomic E-state index is 0.0335. The number of benzene rings is 1. The van der Waals surface area contributed by atoms with Crippen molar-refractivity contribution < 1.29 is 22.4 Å². The number of nitrogens with zero attached hydrogens (tertiary/aromatic N) is 1. The number of hydrogen-bond donors (Lipinski definition) is 0. The first-order valence-electron chi connectivity index (χ1n) is 5.43. The Morgan fingerprint density at radius 3 is 2.61 bits per heavy atom. The lowest BCUT2D eigenvalue weighted by Gasteiger charge is -2.29. The first-order valence-corrected chi connectivity index (χ1v) is 5.43. The van der Waals surface area contributed by atoms with Gasteiger partial charge in [0.15, 0.2) is 0 Å². The molecule has 2 nitrogen and oxygen atoms in total. The number of amides is 1. The van der Waals surface area contributed by atoms with Gasteiger partial charge in [0.25, 0.3) is 0 Å². The number of halogens is 4. The van der Waals surface area contributed by atoms with Crippen LogP contribution in [0, 0.1) is 12.7 Å². The third kappa shape index (κ3) is 2.32. The van der Waals surface area contributed by atoms with Crippen molar-refractivity contribution in [1.29, 1.82) is 0 Å². The molecule has 0 radical (unpaired) electrons. The Labute approximate surface area is 101 Å². The van der Waals surface area contributed by atoms with Crippen LogP contribution in [0.4, 0.5) is 17.6 Å². The van der Waals surface area contributed by atoms with E-state index in [1.807, 2.05) is 0 Å². The normalized spacial score (nSPS) is 15.5. The zero-order chi connectivity index (χ0) is 13.5. The minimum atomic E-state index is -4.90. The van der Waals surface area contributed by atoms with Crippen LogP contribution in [-0.4, -0.2) is 23.5 Å². The molecule has 1 heterocycles. The van der Waals surface area contributed by atoms with Gasteiger partial charge >= 0.3 is 12.1 Å². The summed E-state index contributed by atoms with van der Waals surface area (Å²) in [7, 11) is 0. The van der Waals surface area contributed by atoms with Crippen LogP contribution in [0.25, 0.3) is 0 Å². The fourth-order valence-corrected chi connectivity index (χ4v) is 2.12. The Balaban J connectivity index is 2.28. The summed E-state index contributed by atoms with van der Waals surface area (Å²) in [5.74, 6) is -2.46. The van der Waals surface area contributed by atoms with Gasteiger partial charge in [-0.15, -0.1) is 0 Å². The van der Waals surface area contributed by atoms with Gasteiger partial charge in [0, 0.05) is 18.7 Å². The molecule has 0 bridgehead atoms. The first-order chi connectivity index (χ1) is 8.29. The number of rotatable bonds is 0.